The number of nitrogens with one attached hydrogen (secondary N) is 1. The number of aromatic nitrogens is 2. The maximum Gasteiger partial charge on any atom is 0.332 e. The van der Waals surface area contributed by atoms with Gasteiger partial charge in [-0.2, -0.15) is 8.42 Å². The number of nitrogens with zero attached hydrogens (tertiary/aromatic N) is 2. The van der Waals surface area contributed by atoms with Crippen LogP contribution in [-0.2, 0) is 26.7 Å². The number of hydrogen-bond donors (Lipinski definition) is 3. The van der Waals surface area contributed by atoms with Gasteiger partial charge in [0.15, 0.2) is 10.8 Å². The van der Waals surface area contributed by atoms with Crippen molar-refractivity contribution >= 4 is 21.9 Å². The second-order valence-electron chi connectivity index (χ2n) is 3.18. The fraction of sp³-hybridized carbons (Fsp3) is 0.125. The van der Waals surface area contributed by atoms with E-state index in [1.807, 2.05) is 0 Å². The van der Waals surface area contributed by atoms with Gasteiger partial charge < -0.3 is 14.8 Å². The van der Waals surface area contributed by atoms with Crippen LogP contribution in [0.3, 0.4) is 0 Å². The first-order valence-corrected chi connectivity index (χ1v) is 5.89. The number of aliphatic hydroxyl groups excluding tert-OH is 1. The highest BCUT2D eigenvalue weighted by Crippen LogP contribution is 2.04. The van der Waals surface area contributed by atoms with E-state index in [-0.39, 0.29) is 6.08 Å². The fourth-order valence-electron chi connectivity index (χ4n) is 0.937. The number of aliphatic carboxylic acids is 1. The van der Waals surface area contributed by atoms with Gasteiger partial charge in [-0.1, -0.05) is 0 Å². The average molecular weight is 275 g/mol. The zero-order valence-corrected chi connectivity index (χ0v) is 9.88. The van der Waals surface area contributed by atoms with Crippen LogP contribution in [0.2, 0.25) is 0 Å². The lowest BCUT2D eigenvalue weighted by molar-refractivity contribution is -0.132. The van der Waals surface area contributed by atoms with Crippen LogP contribution in [0.1, 0.15) is 0 Å². The highest BCUT2D eigenvalue weighted by molar-refractivity contribution is 7.90. The van der Waals surface area contributed by atoms with Gasteiger partial charge in [0, 0.05) is 13.2 Å². The molecule has 98 valence electrons. The smallest absolute Gasteiger partial charge is 0.332 e. The Balaban J connectivity index is 2.91. The van der Waals surface area contributed by atoms with Crippen LogP contribution in [0.25, 0.3) is 0 Å². The number of carboxylic acid groups (broad SMARTS) is 1. The summed E-state index contributed by atoms with van der Waals surface area (Å²) in [6, 6.07) is 0. The number of aryl methyl sites for hydroxylation is 1. The molecule has 0 radical (unpaired) electrons. The molecule has 0 saturated heterocycles. The van der Waals surface area contributed by atoms with E-state index in [1.54, 1.807) is 0 Å². The topological polar surface area (TPSA) is 139 Å². The van der Waals surface area contributed by atoms with Crippen molar-refractivity contribution < 1.29 is 28.2 Å². The van der Waals surface area contributed by atoms with Crippen molar-refractivity contribution in [2.45, 2.75) is 5.03 Å². The van der Waals surface area contributed by atoms with Crippen LogP contribution in [0.15, 0.2) is 29.4 Å². The lowest BCUT2D eigenvalue weighted by Crippen LogP contribution is -2.32. The molecule has 0 aliphatic heterocycles. The summed E-state index contributed by atoms with van der Waals surface area (Å²) in [6.07, 6.45) is 2.50. The predicted molar refractivity (Wildman–Crippen MR) is 56.9 cm³/mol. The largest absolute Gasteiger partial charge is 0.503 e. The minimum Gasteiger partial charge on any atom is -0.503 e. The number of sulfonamides is 1. The van der Waals surface area contributed by atoms with Gasteiger partial charge in [0.2, 0.25) is 0 Å². The van der Waals surface area contributed by atoms with E-state index in [9.17, 15) is 18.0 Å². The van der Waals surface area contributed by atoms with E-state index in [0.29, 0.717) is 0 Å². The van der Waals surface area contributed by atoms with E-state index >= 15 is 0 Å². The van der Waals surface area contributed by atoms with Crippen LogP contribution < -0.4 is 4.72 Å². The molecular formula is C8H9N3O6S. The van der Waals surface area contributed by atoms with Crippen molar-refractivity contribution in [3.8, 4) is 0 Å². The highest BCUT2D eigenvalue weighted by Gasteiger charge is 2.22. The standard InChI is InChI=1S/C8H9N3O6S/c1-11-3-6(9-4-11)18(16,17)10-8(15)5(12)2-7(13)14/h2-4,12H,1H3,(H,10,15)(H,13,14)/b5-2-. The normalized spacial score (nSPS) is 12.2. The summed E-state index contributed by atoms with van der Waals surface area (Å²) in [6.45, 7) is 0. The molecule has 0 bridgehead atoms. The number of hydrogen-bond acceptors (Lipinski definition) is 6. The Morgan fingerprint density at radius 3 is 2.50 bits per heavy atom. The molecule has 0 fully saturated rings. The van der Waals surface area contributed by atoms with E-state index < -0.39 is 32.7 Å². The zero-order chi connectivity index (χ0) is 13.9. The molecule has 0 unspecified atom stereocenters. The molecule has 0 aliphatic rings. The molecule has 0 atom stereocenters. The van der Waals surface area contributed by atoms with E-state index in [2.05, 4.69) is 4.98 Å². The average Bonchev–Trinajstić information content (AvgIpc) is 2.63. The third-order valence-electron chi connectivity index (χ3n) is 1.68. The number of carbonyl (C=O) groups is 2. The van der Waals surface area contributed by atoms with Gasteiger partial charge in [0.25, 0.3) is 15.9 Å². The molecule has 10 heteroatoms. The van der Waals surface area contributed by atoms with Crippen molar-refractivity contribution in [1.82, 2.24) is 14.3 Å². The SMILES string of the molecule is Cn1cnc(S(=O)(=O)NC(=O)/C(O)=C/C(=O)O)c1. The third kappa shape index (κ3) is 3.31. The third-order valence-corrected chi connectivity index (χ3v) is 2.89. The van der Waals surface area contributed by atoms with E-state index in [1.165, 1.54) is 22.7 Å². The first kappa shape index (κ1) is 13.7. The lowest BCUT2D eigenvalue weighted by Gasteiger charge is -2.02. The Bertz CT molecular complexity index is 615. The highest BCUT2D eigenvalue weighted by atomic mass is 32.2. The molecule has 0 spiro atoms. The first-order chi connectivity index (χ1) is 8.22. The quantitative estimate of drug-likeness (QED) is 0.461. The Kier molecular flexibility index (Phi) is 3.71. The fourth-order valence-corrected chi connectivity index (χ4v) is 1.88. The molecule has 9 nitrogen and oxygen atoms in total. The van der Waals surface area contributed by atoms with Gasteiger partial charge in [0.05, 0.1) is 12.4 Å². The van der Waals surface area contributed by atoms with Crippen LogP contribution in [0.4, 0.5) is 0 Å². The van der Waals surface area contributed by atoms with Gasteiger partial charge in [0.1, 0.15) is 0 Å². The van der Waals surface area contributed by atoms with Crippen LogP contribution >= 0.6 is 0 Å². The van der Waals surface area contributed by atoms with Crippen molar-refractivity contribution in [3.05, 3.63) is 24.4 Å². The van der Waals surface area contributed by atoms with Gasteiger partial charge in [-0.3, -0.25) is 4.79 Å². The number of aliphatic hydroxyl groups is 1. The number of imidazole rings is 1. The molecule has 0 aromatic carbocycles. The minimum atomic E-state index is -4.24. The monoisotopic (exact) mass is 275 g/mol. The predicted octanol–water partition coefficient (Wildman–Crippen LogP) is -1.25. The molecule has 0 saturated carbocycles. The summed E-state index contributed by atoms with van der Waals surface area (Å²) in [5.41, 5.74) is 0. The molecule has 1 rings (SSSR count). The van der Waals surface area contributed by atoms with Crippen molar-refractivity contribution in [3.63, 3.8) is 0 Å². The van der Waals surface area contributed by atoms with Crippen LogP contribution in [-0.4, -0.2) is 40.1 Å². The van der Waals surface area contributed by atoms with Gasteiger partial charge in [-0.25, -0.2) is 14.5 Å². The van der Waals surface area contributed by atoms with Crippen LogP contribution in [0, 0.1) is 0 Å². The summed E-state index contributed by atoms with van der Waals surface area (Å²) >= 11 is 0. The van der Waals surface area contributed by atoms with E-state index in [0.717, 1.165) is 6.20 Å². The van der Waals surface area contributed by atoms with Crippen molar-refractivity contribution in [2.24, 2.45) is 7.05 Å². The zero-order valence-electron chi connectivity index (χ0n) is 9.06. The summed E-state index contributed by atoms with van der Waals surface area (Å²) < 4.78 is 25.9. The summed E-state index contributed by atoms with van der Waals surface area (Å²) in [5.74, 6) is -4.28. The van der Waals surface area contributed by atoms with Crippen molar-refractivity contribution in [2.75, 3.05) is 0 Å². The number of carbonyl (C=O) groups excluding carboxylic acids is 1. The molecule has 3 N–H and O–H groups in total. The minimum absolute atomic E-state index is 0.170. The van der Waals surface area contributed by atoms with Gasteiger partial charge in [-0.15, -0.1) is 0 Å². The number of carboxylic acids is 1. The van der Waals surface area contributed by atoms with Gasteiger partial charge in [-0.05, 0) is 0 Å². The van der Waals surface area contributed by atoms with E-state index in [4.69, 9.17) is 10.2 Å². The molecule has 0 aliphatic carbocycles. The molecule has 1 heterocycles. The molecule has 1 aromatic rings. The molecular weight excluding hydrogens is 266 g/mol. The summed E-state index contributed by atoms with van der Waals surface area (Å²) in [4.78, 5) is 24.8. The summed E-state index contributed by atoms with van der Waals surface area (Å²) in [5, 5.41) is 16.8. The maximum absolute atomic E-state index is 11.6. The Morgan fingerprint density at radius 1 is 1.44 bits per heavy atom. The Hall–Kier alpha value is -2.36. The maximum atomic E-state index is 11.6. The number of rotatable bonds is 4. The second kappa shape index (κ2) is 4.87. The van der Waals surface area contributed by atoms with Gasteiger partial charge >= 0.3 is 5.97 Å². The summed E-state index contributed by atoms with van der Waals surface area (Å²) in [7, 11) is -2.72. The second-order valence-corrected chi connectivity index (χ2v) is 4.81. The molecule has 1 amide bonds. The first-order valence-electron chi connectivity index (χ1n) is 4.41. The molecule has 18 heavy (non-hydrogen) atoms. The Labute approximate surface area is 101 Å². The molecule has 1 aromatic heterocycles. The van der Waals surface area contributed by atoms with Crippen molar-refractivity contribution in [1.29, 1.82) is 0 Å². The van der Waals surface area contributed by atoms with Crippen LogP contribution in [0.5, 0.6) is 0 Å². The Morgan fingerprint density at radius 2 is 2.06 bits per heavy atom. The lowest BCUT2D eigenvalue weighted by atomic mass is 10.4. The number of amides is 1.